The van der Waals surface area contributed by atoms with Crippen molar-refractivity contribution < 1.29 is 24.0 Å². The van der Waals surface area contributed by atoms with Crippen LogP contribution in [0, 0.1) is 16.0 Å². The van der Waals surface area contributed by atoms with Crippen molar-refractivity contribution in [2.24, 2.45) is 5.92 Å². The molecule has 0 saturated carbocycles. The molecule has 0 N–H and O–H groups in total. The fourth-order valence-corrected chi connectivity index (χ4v) is 8.39. The predicted octanol–water partition coefficient (Wildman–Crippen LogP) is 2.54. The smallest absolute Gasteiger partial charge is 0.308 e. The number of nitro groups is 1. The van der Waals surface area contributed by atoms with E-state index in [1.807, 2.05) is 43.3 Å². The molecule has 14 heteroatoms. The molecule has 42 heavy (non-hydrogen) atoms. The number of carbonyl (C=O) groups is 3. The van der Waals surface area contributed by atoms with Crippen LogP contribution in [0.25, 0.3) is 0 Å². The summed E-state index contributed by atoms with van der Waals surface area (Å²) in [6, 6.07) is 12.9. The molecule has 0 aliphatic carbocycles. The molecule has 3 aliphatic rings. The topological polar surface area (TPSA) is 135 Å². The molecule has 0 spiro atoms. The number of amides is 3. The highest BCUT2D eigenvalue weighted by Crippen LogP contribution is 2.54. The number of morpholine rings is 1. The Hall–Kier alpha value is -4.01. The lowest BCUT2D eigenvalue weighted by atomic mass is 9.83. The van der Waals surface area contributed by atoms with Gasteiger partial charge in [-0.25, -0.2) is 4.90 Å². The molecule has 1 aromatic heterocycles. The van der Waals surface area contributed by atoms with E-state index < -0.39 is 33.8 Å². The van der Waals surface area contributed by atoms with E-state index in [-0.39, 0.29) is 28.7 Å². The maximum Gasteiger partial charge on any atom is 0.308 e. The van der Waals surface area contributed by atoms with Gasteiger partial charge in [0.05, 0.1) is 34.8 Å². The van der Waals surface area contributed by atoms with Crippen LogP contribution in [-0.4, -0.2) is 77.8 Å². The summed E-state index contributed by atoms with van der Waals surface area (Å²) in [4.78, 5) is 70.0. The number of hydrogen-bond acceptors (Lipinski definition) is 10. The number of nitrogens with zero attached hydrogens (tertiary/aromatic N) is 5. The molecule has 2 saturated heterocycles. The van der Waals surface area contributed by atoms with Crippen molar-refractivity contribution in [2.75, 3.05) is 50.2 Å². The number of imide groups is 1. The molecule has 0 radical (unpaired) electrons. The molecule has 3 aliphatic heterocycles. The second-order valence-corrected chi connectivity index (χ2v) is 12.6. The van der Waals surface area contributed by atoms with E-state index in [1.54, 1.807) is 4.90 Å². The Morgan fingerprint density at radius 2 is 1.69 bits per heavy atom. The molecule has 218 valence electrons. The third-order valence-electron chi connectivity index (χ3n) is 7.79. The van der Waals surface area contributed by atoms with Crippen molar-refractivity contribution in [1.29, 1.82) is 0 Å². The van der Waals surface area contributed by atoms with E-state index >= 15 is 0 Å². The Balaban J connectivity index is 1.42. The number of benzene rings is 2. The largest absolute Gasteiger partial charge is 0.378 e. The van der Waals surface area contributed by atoms with Gasteiger partial charge < -0.3 is 14.5 Å². The standard InChI is InChI=1S/C28H27N5O7S2/c1-29(2)17-5-3-16(4-6-17)21-22-23(26(36)32(25(22)35)18-7-9-19(10-8-18)33(38)39)41-27-24(21)42-28(37)31(27)15-20(34)30-11-13-40-14-12-30/h3-10,21-23H,11-15H2,1-2H3/t21-,22-,23+/m0/s1. The monoisotopic (exact) mass is 609 g/mol. The second kappa shape index (κ2) is 11.0. The molecule has 3 aromatic rings. The van der Waals surface area contributed by atoms with Crippen LogP contribution < -0.4 is 14.7 Å². The van der Waals surface area contributed by atoms with Gasteiger partial charge in [0.1, 0.15) is 11.8 Å². The minimum Gasteiger partial charge on any atom is -0.378 e. The Morgan fingerprint density at radius 3 is 2.31 bits per heavy atom. The van der Waals surface area contributed by atoms with Crippen molar-refractivity contribution in [3.8, 4) is 0 Å². The van der Waals surface area contributed by atoms with E-state index in [0.717, 1.165) is 39.2 Å². The number of nitro benzene ring substituents is 1. The van der Waals surface area contributed by atoms with Gasteiger partial charge in [-0.1, -0.05) is 35.2 Å². The van der Waals surface area contributed by atoms with E-state index in [0.29, 0.717) is 36.2 Å². The van der Waals surface area contributed by atoms with Crippen LogP contribution in [0.5, 0.6) is 0 Å². The number of anilines is 2. The Kier molecular flexibility index (Phi) is 7.37. The molecule has 4 heterocycles. The lowest BCUT2D eigenvalue weighted by molar-refractivity contribution is -0.384. The zero-order valence-corrected chi connectivity index (χ0v) is 24.4. The van der Waals surface area contributed by atoms with Crippen molar-refractivity contribution >= 4 is 57.9 Å². The molecular formula is C28H27N5O7S2. The third kappa shape index (κ3) is 4.78. The van der Waals surface area contributed by atoms with Crippen LogP contribution in [0.3, 0.4) is 0 Å². The average Bonchev–Trinajstić information content (AvgIpc) is 3.43. The van der Waals surface area contributed by atoms with Gasteiger partial charge in [0.15, 0.2) is 0 Å². The molecule has 12 nitrogen and oxygen atoms in total. The quantitative estimate of drug-likeness (QED) is 0.235. The first-order valence-corrected chi connectivity index (χ1v) is 15.0. The number of fused-ring (bicyclic) bond motifs is 2. The summed E-state index contributed by atoms with van der Waals surface area (Å²) in [5, 5.41) is 10.8. The van der Waals surface area contributed by atoms with Crippen LogP contribution in [0.4, 0.5) is 17.1 Å². The summed E-state index contributed by atoms with van der Waals surface area (Å²) in [6.07, 6.45) is 0. The maximum absolute atomic E-state index is 14.0. The second-order valence-electron chi connectivity index (χ2n) is 10.4. The number of aromatic nitrogens is 1. The summed E-state index contributed by atoms with van der Waals surface area (Å²) in [5.41, 5.74) is 1.82. The number of rotatable bonds is 6. The van der Waals surface area contributed by atoms with Crippen molar-refractivity contribution in [2.45, 2.75) is 22.7 Å². The SMILES string of the molecule is CN(C)c1ccc([C@@H]2c3sc(=O)n(CC(=O)N4CCOCC4)c3S[C@H]3C(=O)N(c4ccc([N+](=O)[O-])cc4)C(=O)[C@@H]23)cc1. The Labute approximate surface area is 248 Å². The van der Waals surface area contributed by atoms with Crippen LogP contribution in [0.1, 0.15) is 16.4 Å². The fourth-order valence-electron chi connectivity index (χ4n) is 5.62. The molecular weight excluding hydrogens is 582 g/mol. The molecule has 2 aromatic carbocycles. The zero-order chi connectivity index (χ0) is 29.7. The van der Waals surface area contributed by atoms with E-state index in [1.165, 1.54) is 28.8 Å². The third-order valence-corrected chi connectivity index (χ3v) is 10.4. The van der Waals surface area contributed by atoms with Crippen molar-refractivity contribution in [3.63, 3.8) is 0 Å². The number of thiazole rings is 1. The summed E-state index contributed by atoms with van der Waals surface area (Å²) in [7, 11) is 3.83. The summed E-state index contributed by atoms with van der Waals surface area (Å²) < 4.78 is 6.77. The summed E-state index contributed by atoms with van der Waals surface area (Å²) >= 11 is 2.13. The predicted molar refractivity (Wildman–Crippen MR) is 157 cm³/mol. The highest BCUT2D eigenvalue weighted by Gasteiger charge is 2.57. The number of hydrogen-bond donors (Lipinski definition) is 0. The molecule has 0 unspecified atom stereocenters. The van der Waals surface area contributed by atoms with Gasteiger partial charge in [0.2, 0.25) is 17.7 Å². The number of ether oxygens (including phenoxy) is 1. The van der Waals surface area contributed by atoms with Gasteiger partial charge in [-0.2, -0.15) is 0 Å². The normalized spacial score (nSPS) is 21.7. The number of non-ortho nitro benzene ring substituents is 1. The van der Waals surface area contributed by atoms with Gasteiger partial charge in [-0.15, -0.1) is 0 Å². The first kappa shape index (κ1) is 28.1. The number of carbonyl (C=O) groups excluding carboxylic acids is 3. The van der Waals surface area contributed by atoms with Gasteiger partial charge in [0.25, 0.3) is 5.69 Å². The van der Waals surface area contributed by atoms with Gasteiger partial charge in [-0.05, 0) is 29.8 Å². The van der Waals surface area contributed by atoms with Crippen LogP contribution in [0.2, 0.25) is 0 Å². The Bertz CT molecular complexity index is 1630. The molecule has 2 fully saturated rings. The molecule has 3 amide bonds. The zero-order valence-electron chi connectivity index (χ0n) is 22.8. The maximum atomic E-state index is 14.0. The van der Waals surface area contributed by atoms with Gasteiger partial charge in [-0.3, -0.25) is 33.9 Å². The fraction of sp³-hybridized carbons (Fsp3) is 0.357. The first-order chi connectivity index (χ1) is 20.2. The van der Waals surface area contributed by atoms with Crippen LogP contribution >= 0.6 is 23.1 Å². The Morgan fingerprint density at radius 1 is 1.02 bits per heavy atom. The van der Waals surface area contributed by atoms with Crippen LogP contribution in [0.15, 0.2) is 58.4 Å². The van der Waals surface area contributed by atoms with E-state index in [4.69, 9.17) is 4.74 Å². The van der Waals surface area contributed by atoms with E-state index in [2.05, 4.69) is 0 Å². The summed E-state index contributed by atoms with van der Waals surface area (Å²) in [5.74, 6) is -2.52. The highest BCUT2D eigenvalue weighted by atomic mass is 32.2. The lowest BCUT2D eigenvalue weighted by Gasteiger charge is -2.31. The minimum absolute atomic E-state index is 0.153. The molecule has 3 atom stereocenters. The van der Waals surface area contributed by atoms with Crippen molar-refractivity contribution in [1.82, 2.24) is 9.47 Å². The number of thioether (sulfide) groups is 1. The van der Waals surface area contributed by atoms with Crippen molar-refractivity contribution in [3.05, 3.63) is 78.8 Å². The summed E-state index contributed by atoms with van der Waals surface area (Å²) in [6.45, 7) is 1.57. The molecule has 0 bridgehead atoms. The lowest BCUT2D eigenvalue weighted by Crippen LogP contribution is -2.43. The van der Waals surface area contributed by atoms with E-state index in [9.17, 15) is 29.3 Å². The molecule has 6 rings (SSSR count). The van der Waals surface area contributed by atoms with Gasteiger partial charge >= 0.3 is 4.87 Å². The first-order valence-electron chi connectivity index (χ1n) is 13.3. The van der Waals surface area contributed by atoms with Gasteiger partial charge in [0, 0.05) is 55.8 Å². The average molecular weight is 610 g/mol. The minimum atomic E-state index is -0.850. The van der Waals surface area contributed by atoms with Crippen LogP contribution in [-0.2, 0) is 25.7 Å². The highest BCUT2D eigenvalue weighted by molar-refractivity contribution is 8.00.